The van der Waals surface area contributed by atoms with Crippen molar-refractivity contribution in [1.29, 1.82) is 0 Å². The van der Waals surface area contributed by atoms with Crippen molar-refractivity contribution < 1.29 is 5.11 Å². The molecule has 5 nitrogen and oxygen atoms in total. The van der Waals surface area contributed by atoms with Crippen molar-refractivity contribution in [3.63, 3.8) is 0 Å². The molecule has 0 aliphatic rings. The number of para-hydroxylation sites is 1. The third-order valence-electron chi connectivity index (χ3n) is 5.14. The number of aromatic hydroxyl groups is 1. The monoisotopic (exact) mass is 467 g/mol. The first-order valence-electron chi connectivity index (χ1n) is 11.4. The molecule has 2 rings (SSSR count). The van der Waals surface area contributed by atoms with E-state index in [-0.39, 0.29) is 23.8 Å². The van der Waals surface area contributed by atoms with Crippen LogP contribution in [0.3, 0.4) is 0 Å². The fourth-order valence-corrected chi connectivity index (χ4v) is 4.61. The summed E-state index contributed by atoms with van der Waals surface area (Å²) in [6, 6.07) is 9.63. The van der Waals surface area contributed by atoms with Gasteiger partial charge in [0, 0.05) is 12.3 Å². The molecule has 31 heavy (non-hydrogen) atoms. The van der Waals surface area contributed by atoms with E-state index >= 15 is 0 Å². The van der Waals surface area contributed by atoms with Gasteiger partial charge >= 0.3 is 0 Å². The fraction of sp³-hybridized carbons (Fsp3) is 0.583. The van der Waals surface area contributed by atoms with Gasteiger partial charge in [0.25, 0.3) is 5.56 Å². The minimum absolute atomic E-state index is 0. The van der Waals surface area contributed by atoms with Crippen molar-refractivity contribution in [2.75, 3.05) is 25.4 Å². The number of nitrogens with zero attached hydrogens (tertiary/aromatic N) is 3. The van der Waals surface area contributed by atoms with E-state index in [1.165, 1.54) is 0 Å². The molecule has 0 atom stereocenters. The highest BCUT2D eigenvalue weighted by molar-refractivity contribution is 7.99. The molecular weight excluding hydrogens is 430 g/mol. The Morgan fingerprint density at radius 3 is 2.26 bits per heavy atom. The first kappa shape index (κ1) is 27.5. The van der Waals surface area contributed by atoms with E-state index < -0.39 is 0 Å². The topological polar surface area (TPSA) is 58.4 Å². The van der Waals surface area contributed by atoms with E-state index in [1.54, 1.807) is 16.3 Å². The summed E-state index contributed by atoms with van der Waals surface area (Å²) in [5.74, 6) is 0.722. The molecule has 0 radical (unpaired) electrons. The molecule has 1 aromatic carbocycles. The molecule has 0 unspecified atom stereocenters. The molecule has 0 aliphatic carbocycles. The molecule has 0 saturated carbocycles. The van der Waals surface area contributed by atoms with Crippen LogP contribution in [0.5, 0.6) is 5.88 Å². The van der Waals surface area contributed by atoms with Gasteiger partial charge in [-0.2, -0.15) is 4.98 Å². The molecule has 0 saturated heterocycles. The van der Waals surface area contributed by atoms with Gasteiger partial charge in [-0.1, -0.05) is 70.0 Å². The number of aromatic nitrogens is 2. The summed E-state index contributed by atoms with van der Waals surface area (Å²) in [4.78, 5) is 20.2. The Kier molecular flexibility index (Phi) is 13.6. The van der Waals surface area contributed by atoms with Crippen molar-refractivity contribution in [3.05, 3.63) is 46.2 Å². The molecule has 2 aromatic rings. The number of benzene rings is 1. The van der Waals surface area contributed by atoms with Crippen molar-refractivity contribution in [2.24, 2.45) is 0 Å². The molecule has 174 valence electrons. The molecule has 0 amide bonds. The van der Waals surface area contributed by atoms with Gasteiger partial charge in [0.05, 0.1) is 11.3 Å². The van der Waals surface area contributed by atoms with Gasteiger partial charge in [0.15, 0.2) is 5.16 Å². The Labute approximate surface area is 197 Å². The van der Waals surface area contributed by atoms with E-state index in [4.69, 9.17) is 0 Å². The summed E-state index contributed by atoms with van der Waals surface area (Å²) < 4.78 is 1.67. The van der Waals surface area contributed by atoms with Crippen molar-refractivity contribution in [3.8, 4) is 11.6 Å². The van der Waals surface area contributed by atoms with Gasteiger partial charge in [-0.15, -0.1) is 12.4 Å². The molecule has 1 aromatic heterocycles. The van der Waals surface area contributed by atoms with E-state index in [0.29, 0.717) is 17.1 Å². The van der Waals surface area contributed by atoms with Gasteiger partial charge < -0.3 is 10.0 Å². The zero-order chi connectivity index (χ0) is 21.8. The molecule has 0 bridgehead atoms. The third-order valence-corrected chi connectivity index (χ3v) is 6.06. The summed E-state index contributed by atoms with van der Waals surface area (Å²) in [5.41, 5.74) is 1.08. The van der Waals surface area contributed by atoms with Gasteiger partial charge in [-0.3, -0.25) is 9.36 Å². The quantitative estimate of drug-likeness (QED) is 0.219. The van der Waals surface area contributed by atoms with Gasteiger partial charge in [0.2, 0.25) is 5.88 Å². The molecular formula is C24H38ClN3O2S. The van der Waals surface area contributed by atoms with Crippen LogP contribution in [0.4, 0.5) is 0 Å². The van der Waals surface area contributed by atoms with E-state index in [1.807, 2.05) is 30.3 Å². The summed E-state index contributed by atoms with van der Waals surface area (Å²) >= 11 is 1.54. The maximum absolute atomic E-state index is 13.3. The molecule has 1 N–H and O–H groups in total. The normalized spacial score (nSPS) is 11.0. The largest absolute Gasteiger partial charge is 0.493 e. The van der Waals surface area contributed by atoms with Gasteiger partial charge in [-0.05, 0) is 50.9 Å². The Balaban J connectivity index is 0.00000480. The van der Waals surface area contributed by atoms with Crippen LogP contribution in [0.2, 0.25) is 0 Å². The summed E-state index contributed by atoms with van der Waals surface area (Å²) in [6.07, 6.45) is 7.05. The lowest BCUT2D eigenvalue weighted by molar-refractivity contribution is 0.292. The molecule has 0 aliphatic heterocycles. The predicted octanol–water partition coefficient (Wildman–Crippen LogP) is 5.70. The number of thioether (sulfide) groups is 1. The highest BCUT2D eigenvalue weighted by atomic mass is 35.5. The number of hydrogen-bond acceptors (Lipinski definition) is 5. The summed E-state index contributed by atoms with van der Waals surface area (Å²) in [6.45, 7) is 9.65. The van der Waals surface area contributed by atoms with Crippen molar-refractivity contribution in [1.82, 2.24) is 14.5 Å². The second-order valence-corrected chi connectivity index (χ2v) is 8.74. The lowest BCUT2D eigenvalue weighted by Crippen LogP contribution is -2.29. The van der Waals surface area contributed by atoms with Crippen LogP contribution in [0.25, 0.3) is 5.69 Å². The van der Waals surface area contributed by atoms with Gasteiger partial charge in [0.1, 0.15) is 0 Å². The van der Waals surface area contributed by atoms with Crippen molar-refractivity contribution in [2.45, 2.75) is 70.9 Å². The standard InChI is InChI=1S/C24H37N3O2S.ClH/c1-4-7-8-12-15-21-22(28)25-24(30-19-18-26(16-5-2)17-6-3)27(23(21)29)20-13-10-9-11-14-20;/h9-11,13-14,28H,4-8,12,15-19H2,1-3H3;1H. The highest BCUT2D eigenvalue weighted by Crippen LogP contribution is 2.23. The smallest absolute Gasteiger partial charge is 0.265 e. The predicted molar refractivity (Wildman–Crippen MR) is 134 cm³/mol. The fourth-order valence-electron chi connectivity index (χ4n) is 3.61. The Hall–Kier alpha value is -1.50. The SMILES string of the molecule is CCCCCCc1c(O)nc(SCCN(CCC)CCC)n(-c2ccccc2)c1=O.Cl. The zero-order valence-electron chi connectivity index (χ0n) is 19.2. The van der Waals surface area contributed by atoms with Crippen LogP contribution in [0.1, 0.15) is 64.9 Å². The third kappa shape index (κ3) is 8.51. The first-order chi connectivity index (χ1) is 14.6. The van der Waals surface area contributed by atoms with Gasteiger partial charge in [-0.25, -0.2) is 0 Å². The Bertz CT molecular complexity index is 808. The molecule has 1 heterocycles. The second-order valence-electron chi connectivity index (χ2n) is 7.67. The van der Waals surface area contributed by atoms with Crippen molar-refractivity contribution >= 4 is 24.2 Å². The summed E-state index contributed by atoms with van der Waals surface area (Å²) in [5, 5.41) is 11.1. The van der Waals surface area contributed by atoms with Crippen LogP contribution in [0.15, 0.2) is 40.3 Å². The number of rotatable bonds is 14. The highest BCUT2D eigenvalue weighted by Gasteiger charge is 2.18. The van der Waals surface area contributed by atoms with Crippen LogP contribution < -0.4 is 5.56 Å². The minimum Gasteiger partial charge on any atom is -0.493 e. The number of halogens is 1. The summed E-state index contributed by atoms with van der Waals surface area (Å²) in [7, 11) is 0. The first-order valence-corrected chi connectivity index (χ1v) is 12.4. The average Bonchev–Trinajstić information content (AvgIpc) is 2.74. The van der Waals surface area contributed by atoms with E-state index in [9.17, 15) is 9.90 Å². The van der Waals surface area contributed by atoms with Crippen LogP contribution >= 0.6 is 24.2 Å². The molecule has 0 spiro atoms. The number of unbranched alkanes of at least 4 members (excludes halogenated alkanes) is 3. The molecule has 0 fully saturated rings. The van der Waals surface area contributed by atoms with Crippen LogP contribution in [-0.2, 0) is 6.42 Å². The Morgan fingerprint density at radius 1 is 0.968 bits per heavy atom. The molecule has 7 heteroatoms. The van der Waals surface area contributed by atoms with E-state index in [0.717, 1.165) is 69.6 Å². The maximum Gasteiger partial charge on any atom is 0.265 e. The van der Waals surface area contributed by atoms with Crippen LogP contribution in [0, 0.1) is 0 Å². The maximum atomic E-state index is 13.3. The lowest BCUT2D eigenvalue weighted by Gasteiger charge is -2.21. The lowest BCUT2D eigenvalue weighted by atomic mass is 10.1. The minimum atomic E-state index is -0.147. The van der Waals surface area contributed by atoms with Crippen LogP contribution in [-0.4, -0.2) is 44.9 Å². The Morgan fingerprint density at radius 2 is 1.65 bits per heavy atom. The van der Waals surface area contributed by atoms with E-state index in [2.05, 4.69) is 30.7 Å². The number of hydrogen-bond donors (Lipinski definition) is 1. The second kappa shape index (κ2) is 15.3. The average molecular weight is 468 g/mol. The zero-order valence-corrected chi connectivity index (χ0v) is 20.8.